The van der Waals surface area contributed by atoms with E-state index in [1.54, 1.807) is 16.8 Å². The molecule has 0 saturated heterocycles. The fourth-order valence-electron chi connectivity index (χ4n) is 2.05. The van der Waals surface area contributed by atoms with Gasteiger partial charge in [-0.15, -0.1) is 0 Å². The summed E-state index contributed by atoms with van der Waals surface area (Å²) in [6.07, 6.45) is 1.63. The third-order valence-electron chi connectivity index (χ3n) is 3.04. The van der Waals surface area contributed by atoms with E-state index in [9.17, 15) is 4.79 Å². The highest BCUT2D eigenvalue weighted by Crippen LogP contribution is 2.26. The van der Waals surface area contributed by atoms with Crippen molar-refractivity contribution in [1.29, 1.82) is 0 Å². The molecule has 112 valence electrons. The predicted molar refractivity (Wildman–Crippen MR) is 86.2 cm³/mol. The zero-order chi connectivity index (χ0) is 15.5. The average Bonchev–Trinajstić information content (AvgIpc) is 2.84. The monoisotopic (exact) mass is 333 g/mol. The fourth-order valence-corrected chi connectivity index (χ4v) is 3.14. The van der Waals surface area contributed by atoms with Crippen LogP contribution in [0.5, 0.6) is 0 Å². The van der Waals surface area contributed by atoms with E-state index in [1.165, 1.54) is 11.8 Å². The number of hydrogen-bond acceptors (Lipinski definition) is 4. The zero-order valence-corrected chi connectivity index (χ0v) is 13.0. The Hall–Kier alpha value is -2.05. The van der Waals surface area contributed by atoms with E-state index in [2.05, 4.69) is 9.97 Å². The Bertz CT molecular complexity index is 817. The van der Waals surface area contributed by atoms with Crippen LogP contribution in [0.2, 0.25) is 5.02 Å². The molecule has 5 nitrogen and oxygen atoms in total. The summed E-state index contributed by atoms with van der Waals surface area (Å²) >= 11 is 7.35. The Morgan fingerprint density at radius 2 is 2.05 bits per heavy atom. The molecule has 1 aromatic carbocycles. The van der Waals surface area contributed by atoms with E-state index in [0.717, 1.165) is 5.56 Å². The number of fused-ring (bicyclic) bond motifs is 1. The molecular weight excluding hydrogens is 322 g/mol. The van der Waals surface area contributed by atoms with Crippen molar-refractivity contribution in [3.8, 4) is 0 Å². The first-order chi connectivity index (χ1) is 10.6. The maximum absolute atomic E-state index is 11.1. The molecular formula is C15H12ClN3O2S. The van der Waals surface area contributed by atoms with E-state index in [4.69, 9.17) is 16.7 Å². The van der Waals surface area contributed by atoms with Crippen LogP contribution in [0.3, 0.4) is 0 Å². The summed E-state index contributed by atoms with van der Waals surface area (Å²) in [6, 6.07) is 11.2. The Morgan fingerprint density at radius 3 is 2.77 bits per heavy atom. The van der Waals surface area contributed by atoms with Crippen molar-refractivity contribution in [2.45, 2.75) is 17.5 Å². The van der Waals surface area contributed by atoms with Gasteiger partial charge in [-0.3, -0.25) is 9.36 Å². The third kappa shape index (κ3) is 3.23. The van der Waals surface area contributed by atoms with E-state index >= 15 is 0 Å². The molecule has 1 N–H and O–H groups in total. The topological polar surface area (TPSA) is 68.0 Å². The van der Waals surface area contributed by atoms with E-state index < -0.39 is 5.97 Å². The van der Waals surface area contributed by atoms with Crippen LogP contribution >= 0.6 is 23.4 Å². The van der Waals surface area contributed by atoms with E-state index in [-0.39, 0.29) is 6.54 Å². The number of imidazole rings is 1. The molecule has 22 heavy (non-hydrogen) atoms. The number of aliphatic carboxylic acids is 1. The molecule has 0 radical (unpaired) electrons. The molecule has 7 heteroatoms. The second kappa shape index (κ2) is 6.37. The summed E-state index contributed by atoms with van der Waals surface area (Å²) in [7, 11) is 0. The normalized spacial score (nSPS) is 11.0. The van der Waals surface area contributed by atoms with Crippen molar-refractivity contribution in [2.75, 3.05) is 0 Å². The fraction of sp³-hybridized carbons (Fsp3) is 0.133. The Labute approximate surface area is 136 Å². The number of halogens is 1. The van der Waals surface area contributed by atoms with Crippen LogP contribution in [-0.4, -0.2) is 25.6 Å². The molecule has 0 aliphatic carbocycles. The maximum atomic E-state index is 11.1. The van der Waals surface area contributed by atoms with Crippen LogP contribution in [0.15, 0.2) is 47.8 Å². The number of thioether (sulfide) groups is 1. The third-order valence-corrected chi connectivity index (χ3v) is 4.34. The first-order valence-corrected chi connectivity index (χ1v) is 7.90. The molecule has 0 bridgehead atoms. The van der Waals surface area contributed by atoms with Gasteiger partial charge in [-0.05, 0) is 29.8 Å². The van der Waals surface area contributed by atoms with Gasteiger partial charge in [0.2, 0.25) is 0 Å². The van der Waals surface area contributed by atoms with Crippen LogP contribution < -0.4 is 0 Å². The molecule has 0 amide bonds. The lowest BCUT2D eigenvalue weighted by atomic mass is 10.2. The average molecular weight is 334 g/mol. The maximum Gasteiger partial charge on any atom is 0.323 e. The van der Waals surface area contributed by atoms with Crippen molar-refractivity contribution in [3.05, 3.63) is 53.2 Å². The minimum absolute atomic E-state index is 0.156. The summed E-state index contributed by atoms with van der Waals surface area (Å²) in [5.74, 6) is -0.238. The number of carboxylic acid groups (broad SMARTS) is 1. The standard InChI is InChI=1S/C15H12ClN3O2S/c16-11-5-3-10(4-6-11)9-22-15-18-12-2-1-7-17-14(12)19(15)8-13(20)21/h1-7H,8-9H2,(H,20,21). The van der Waals surface area contributed by atoms with E-state index in [0.29, 0.717) is 27.1 Å². The Morgan fingerprint density at radius 1 is 1.27 bits per heavy atom. The summed E-state index contributed by atoms with van der Waals surface area (Å²) < 4.78 is 1.62. The zero-order valence-electron chi connectivity index (χ0n) is 11.4. The number of aromatic nitrogens is 3. The number of pyridine rings is 1. The minimum atomic E-state index is -0.918. The summed E-state index contributed by atoms with van der Waals surface area (Å²) in [5.41, 5.74) is 2.38. The van der Waals surface area contributed by atoms with Gasteiger partial charge in [0.25, 0.3) is 0 Å². The Balaban J connectivity index is 1.88. The van der Waals surface area contributed by atoms with Gasteiger partial charge in [0, 0.05) is 17.0 Å². The van der Waals surface area contributed by atoms with Crippen LogP contribution in [-0.2, 0) is 17.1 Å². The van der Waals surface area contributed by atoms with Gasteiger partial charge in [-0.2, -0.15) is 0 Å². The number of carbonyl (C=O) groups is 1. The number of benzene rings is 1. The second-order valence-corrected chi connectivity index (χ2v) is 6.01. The van der Waals surface area contributed by atoms with Crippen molar-refractivity contribution in [2.24, 2.45) is 0 Å². The molecule has 2 aromatic heterocycles. The number of hydrogen-bond donors (Lipinski definition) is 1. The number of rotatable bonds is 5. The van der Waals surface area contributed by atoms with Gasteiger partial charge in [0.1, 0.15) is 12.1 Å². The van der Waals surface area contributed by atoms with Crippen LogP contribution in [0.25, 0.3) is 11.2 Å². The molecule has 0 fully saturated rings. The molecule has 0 atom stereocenters. The van der Waals surface area contributed by atoms with Gasteiger partial charge in [-0.25, -0.2) is 9.97 Å². The van der Waals surface area contributed by atoms with Crippen LogP contribution in [0, 0.1) is 0 Å². The first-order valence-electron chi connectivity index (χ1n) is 6.54. The van der Waals surface area contributed by atoms with Gasteiger partial charge < -0.3 is 5.11 Å². The van der Waals surface area contributed by atoms with Crippen molar-refractivity contribution in [1.82, 2.24) is 14.5 Å². The lowest BCUT2D eigenvalue weighted by molar-refractivity contribution is -0.137. The van der Waals surface area contributed by atoms with Crippen LogP contribution in [0.4, 0.5) is 0 Å². The van der Waals surface area contributed by atoms with Gasteiger partial charge >= 0.3 is 5.97 Å². The lowest BCUT2D eigenvalue weighted by Gasteiger charge is -2.05. The highest BCUT2D eigenvalue weighted by Gasteiger charge is 2.14. The molecule has 0 unspecified atom stereocenters. The molecule has 2 heterocycles. The predicted octanol–water partition coefficient (Wildman–Crippen LogP) is 3.46. The smallest absolute Gasteiger partial charge is 0.323 e. The van der Waals surface area contributed by atoms with Crippen LogP contribution in [0.1, 0.15) is 5.56 Å². The van der Waals surface area contributed by atoms with Gasteiger partial charge in [0.05, 0.1) is 0 Å². The first kappa shape index (κ1) is 14.9. The second-order valence-electron chi connectivity index (χ2n) is 4.64. The number of nitrogens with zero attached hydrogens (tertiary/aromatic N) is 3. The summed E-state index contributed by atoms with van der Waals surface area (Å²) in [6.45, 7) is -0.156. The lowest BCUT2D eigenvalue weighted by Crippen LogP contribution is -2.10. The SMILES string of the molecule is O=C(O)Cn1c(SCc2ccc(Cl)cc2)nc2cccnc21. The molecule has 0 saturated carbocycles. The molecule has 3 aromatic rings. The highest BCUT2D eigenvalue weighted by molar-refractivity contribution is 7.98. The highest BCUT2D eigenvalue weighted by atomic mass is 35.5. The van der Waals surface area contributed by atoms with Crippen molar-refractivity contribution >= 4 is 40.5 Å². The molecule has 0 aliphatic heterocycles. The summed E-state index contributed by atoms with van der Waals surface area (Å²) in [5, 5.41) is 10.4. The van der Waals surface area contributed by atoms with E-state index in [1.807, 2.05) is 30.3 Å². The number of carboxylic acids is 1. The molecule has 3 rings (SSSR count). The largest absolute Gasteiger partial charge is 0.480 e. The minimum Gasteiger partial charge on any atom is -0.480 e. The van der Waals surface area contributed by atoms with Gasteiger partial charge in [-0.1, -0.05) is 35.5 Å². The Kier molecular flexibility index (Phi) is 4.31. The summed E-state index contributed by atoms with van der Waals surface area (Å²) in [4.78, 5) is 19.8. The van der Waals surface area contributed by atoms with Crippen molar-refractivity contribution < 1.29 is 9.90 Å². The molecule has 0 spiro atoms. The molecule has 0 aliphatic rings. The quantitative estimate of drug-likeness (QED) is 0.724. The van der Waals surface area contributed by atoms with Crippen molar-refractivity contribution in [3.63, 3.8) is 0 Å². The van der Waals surface area contributed by atoms with Gasteiger partial charge in [0.15, 0.2) is 10.8 Å².